The van der Waals surface area contributed by atoms with Crippen LogP contribution >= 0.6 is 10.7 Å². The number of benzene rings is 1. The number of rotatable bonds is 2. The Balaban J connectivity index is 2.65. The highest BCUT2D eigenvalue weighted by atomic mass is 35.7. The van der Waals surface area contributed by atoms with E-state index < -0.39 is 31.7 Å². The zero-order valence-corrected chi connectivity index (χ0v) is 10.8. The number of hydrogen-bond acceptors (Lipinski definition) is 4. The van der Waals surface area contributed by atoms with Crippen LogP contribution in [-0.2, 0) is 16.1 Å². The van der Waals surface area contributed by atoms with Gasteiger partial charge in [0.05, 0.1) is 0 Å². The van der Waals surface area contributed by atoms with E-state index in [1.165, 1.54) is 7.05 Å². The first-order valence-corrected chi connectivity index (χ1v) is 7.01. The summed E-state index contributed by atoms with van der Waals surface area (Å²) in [5.74, 6) is -4.64. The van der Waals surface area contributed by atoms with Gasteiger partial charge in [-0.25, -0.2) is 21.6 Å². The fourth-order valence-corrected chi connectivity index (χ4v) is 2.42. The third-order valence-electron chi connectivity index (χ3n) is 2.29. The van der Waals surface area contributed by atoms with Gasteiger partial charge in [-0.15, -0.1) is 10.2 Å². The standard InChI is InChI=1S/C9H5ClF3N3O2S/c1-16-8(14-15-9(16)19(10,17)18)4-2-5(11)7(13)6(12)3-4/h2-3H,1H3. The summed E-state index contributed by atoms with van der Waals surface area (Å²) in [5.41, 5.74) is -0.169. The molecule has 0 saturated heterocycles. The van der Waals surface area contributed by atoms with Gasteiger partial charge >= 0.3 is 0 Å². The van der Waals surface area contributed by atoms with E-state index in [0.29, 0.717) is 12.1 Å². The zero-order valence-electron chi connectivity index (χ0n) is 9.23. The summed E-state index contributed by atoms with van der Waals surface area (Å²) in [7, 11) is 2.18. The van der Waals surface area contributed by atoms with E-state index >= 15 is 0 Å². The molecule has 0 atom stereocenters. The molecule has 19 heavy (non-hydrogen) atoms. The second-order valence-electron chi connectivity index (χ2n) is 3.56. The van der Waals surface area contributed by atoms with Gasteiger partial charge in [0.25, 0.3) is 14.2 Å². The highest BCUT2D eigenvalue weighted by Gasteiger charge is 2.22. The summed E-state index contributed by atoms with van der Waals surface area (Å²) >= 11 is 0. The molecule has 1 aromatic carbocycles. The van der Waals surface area contributed by atoms with Gasteiger partial charge in [0.1, 0.15) is 0 Å². The topological polar surface area (TPSA) is 64.8 Å². The van der Waals surface area contributed by atoms with Crippen LogP contribution < -0.4 is 0 Å². The van der Waals surface area contributed by atoms with Gasteiger partial charge in [-0.05, 0) is 12.1 Å². The van der Waals surface area contributed by atoms with E-state index in [1.807, 2.05) is 0 Å². The van der Waals surface area contributed by atoms with Crippen LogP contribution in [0.5, 0.6) is 0 Å². The molecule has 0 fully saturated rings. The van der Waals surface area contributed by atoms with Crippen molar-refractivity contribution in [3.05, 3.63) is 29.6 Å². The van der Waals surface area contributed by atoms with Crippen LogP contribution in [0.15, 0.2) is 17.3 Å². The molecule has 0 spiro atoms. The summed E-state index contributed by atoms with van der Waals surface area (Å²) in [6, 6.07) is 1.35. The molecular weight excluding hydrogens is 307 g/mol. The van der Waals surface area contributed by atoms with Gasteiger partial charge in [0.15, 0.2) is 23.3 Å². The molecule has 2 rings (SSSR count). The van der Waals surface area contributed by atoms with E-state index in [0.717, 1.165) is 4.57 Å². The highest BCUT2D eigenvalue weighted by Crippen LogP contribution is 2.24. The lowest BCUT2D eigenvalue weighted by Gasteiger charge is -2.03. The third-order valence-corrected chi connectivity index (χ3v) is 3.50. The first-order valence-electron chi connectivity index (χ1n) is 4.71. The van der Waals surface area contributed by atoms with E-state index in [1.54, 1.807) is 0 Å². The van der Waals surface area contributed by atoms with Crippen molar-refractivity contribution in [1.82, 2.24) is 14.8 Å². The fraction of sp³-hybridized carbons (Fsp3) is 0.111. The second-order valence-corrected chi connectivity index (χ2v) is 6.02. The Morgan fingerprint density at radius 2 is 1.68 bits per heavy atom. The van der Waals surface area contributed by atoms with Crippen molar-refractivity contribution in [3.8, 4) is 11.4 Å². The Morgan fingerprint density at radius 1 is 1.16 bits per heavy atom. The molecule has 5 nitrogen and oxygen atoms in total. The van der Waals surface area contributed by atoms with Crippen molar-refractivity contribution in [2.24, 2.45) is 7.05 Å². The maximum atomic E-state index is 13.1. The molecule has 0 saturated carbocycles. The number of halogens is 4. The van der Waals surface area contributed by atoms with Crippen molar-refractivity contribution in [3.63, 3.8) is 0 Å². The quantitative estimate of drug-likeness (QED) is 0.627. The Bertz CT molecular complexity index is 737. The molecule has 10 heteroatoms. The Labute approximate surface area is 110 Å². The van der Waals surface area contributed by atoms with E-state index in [4.69, 9.17) is 10.7 Å². The molecule has 1 aromatic heterocycles. The van der Waals surface area contributed by atoms with Gasteiger partial charge < -0.3 is 0 Å². The van der Waals surface area contributed by atoms with Crippen LogP contribution in [0.1, 0.15) is 0 Å². The molecule has 0 radical (unpaired) electrons. The molecule has 2 aromatic rings. The van der Waals surface area contributed by atoms with Gasteiger partial charge in [0.2, 0.25) is 0 Å². The van der Waals surface area contributed by atoms with E-state index in [2.05, 4.69) is 10.2 Å². The lowest BCUT2D eigenvalue weighted by atomic mass is 10.2. The monoisotopic (exact) mass is 311 g/mol. The average molecular weight is 312 g/mol. The highest BCUT2D eigenvalue weighted by molar-refractivity contribution is 8.13. The summed E-state index contributed by atoms with van der Waals surface area (Å²) < 4.78 is 62.1. The van der Waals surface area contributed by atoms with E-state index in [9.17, 15) is 21.6 Å². The molecule has 0 amide bonds. The molecule has 0 aliphatic rings. The zero-order chi connectivity index (χ0) is 14.4. The van der Waals surface area contributed by atoms with Gasteiger partial charge in [-0.1, -0.05) is 0 Å². The van der Waals surface area contributed by atoms with Crippen molar-refractivity contribution < 1.29 is 21.6 Å². The van der Waals surface area contributed by atoms with Crippen molar-refractivity contribution >= 4 is 19.7 Å². The summed E-state index contributed by atoms with van der Waals surface area (Å²) in [6.45, 7) is 0. The number of nitrogens with zero attached hydrogens (tertiary/aromatic N) is 3. The molecule has 102 valence electrons. The number of hydrogen-bond donors (Lipinski definition) is 0. The third kappa shape index (κ3) is 2.43. The minimum Gasteiger partial charge on any atom is -0.300 e. The molecule has 1 heterocycles. The van der Waals surface area contributed by atoms with Crippen LogP contribution in [0, 0.1) is 17.5 Å². The van der Waals surface area contributed by atoms with Crippen LogP contribution in [0.25, 0.3) is 11.4 Å². The molecule has 0 aliphatic heterocycles. The summed E-state index contributed by atoms with van der Waals surface area (Å²) in [4.78, 5) is 0. The second kappa shape index (κ2) is 4.49. The average Bonchev–Trinajstić information content (AvgIpc) is 2.67. The van der Waals surface area contributed by atoms with Crippen molar-refractivity contribution in [2.75, 3.05) is 0 Å². The van der Waals surface area contributed by atoms with Gasteiger partial charge in [-0.3, -0.25) is 4.57 Å². The van der Waals surface area contributed by atoms with Gasteiger partial charge in [-0.2, -0.15) is 0 Å². The molecule has 0 N–H and O–H groups in total. The summed E-state index contributed by atoms with van der Waals surface area (Å²) in [5, 5.41) is 6.17. The molecule has 0 aliphatic carbocycles. The Morgan fingerprint density at radius 3 is 2.11 bits per heavy atom. The van der Waals surface area contributed by atoms with Crippen molar-refractivity contribution in [1.29, 1.82) is 0 Å². The predicted octanol–water partition coefficient (Wildman–Crippen LogP) is 1.83. The van der Waals surface area contributed by atoms with Gasteiger partial charge in [0, 0.05) is 23.3 Å². The minimum atomic E-state index is -4.15. The fourth-order valence-electron chi connectivity index (χ4n) is 1.46. The lowest BCUT2D eigenvalue weighted by molar-refractivity contribution is 0.447. The van der Waals surface area contributed by atoms with Crippen LogP contribution in [0.3, 0.4) is 0 Å². The predicted molar refractivity (Wildman–Crippen MR) is 59.4 cm³/mol. The lowest BCUT2D eigenvalue weighted by Crippen LogP contribution is -2.03. The largest absolute Gasteiger partial charge is 0.300 e. The van der Waals surface area contributed by atoms with Crippen LogP contribution in [0.2, 0.25) is 0 Å². The van der Waals surface area contributed by atoms with Crippen LogP contribution in [-0.4, -0.2) is 23.2 Å². The minimum absolute atomic E-state index is 0.169. The molecule has 0 unspecified atom stereocenters. The van der Waals surface area contributed by atoms with Crippen molar-refractivity contribution in [2.45, 2.75) is 5.16 Å². The Hall–Kier alpha value is -1.61. The normalized spacial score (nSPS) is 11.8. The molecule has 0 bridgehead atoms. The SMILES string of the molecule is Cn1c(-c2cc(F)c(F)c(F)c2)nnc1S(=O)(=O)Cl. The first kappa shape index (κ1) is 13.8. The van der Waals surface area contributed by atoms with E-state index in [-0.39, 0.29) is 11.4 Å². The van der Waals surface area contributed by atoms with Crippen LogP contribution in [0.4, 0.5) is 13.2 Å². The first-order chi connectivity index (χ1) is 8.71. The summed E-state index contributed by atoms with van der Waals surface area (Å²) in [6.07, 6.45) is 0. The molecular formula is C9H5ClF3N3O2S. The number of aromatic nitrogens is 3. The Kier molecular flexibility index (Phi) is 3.27. The maximum absolute atomic E-state index is 13.1. The smallest absolute Gasteiger partial charge is 0.296 e. The maximum Gasteiger partial charge on any atom is 0.296 e.